The molecule has 2 N–H and O–H groups in total. The first-order chi connectivity index (χ1) is 13.6. The number of guanidine groups is 1. The van der Waals surface area contributed by atoms with Gasteiger partial charge in [-0.05, 0) is 36.8 Å². The smallest absolute Gasteiger partial charge is 0.387 e. The van der Waals surface area contributed by atoms with Crippen molar-refractivity contribution in [1.82, 2.24) is 10.6 Å². The van der Waals surface area contributed by atoms with Crippen LogP contribution in [0.15, 0.2) is 53.5 Å². The van der Waals surface area contributed by atoms with E-state index in [2.05, 4.69) is 20.4 Å². The summed E-state index contributed by atoms with van der Waals surface area (Å²) in [7, 11) is 3.26. The summed E-state index contributed by atoms with van der Waals surface area (Å²) in [5.74, 6) is 2.27. The molecule has 0 aliphatic rings. The average Bonchev–Trinajstić information content (AvgIpc) is 2.71. The molecule has 0 aliphatic heterocycles. The van der Waals surface area contributed by atoms with Crippen molar-refractivity contribution < 1.29 is 23.0 Å². The molecule has 2 aromatic rings. The topological polar surface area (TPSA) is 64.1 Å². The van der Waals surface area contributed by atoms with E-state index in [1.807, 2.05) is 24.3 Å². The highest BCUT2D eigenvalue weighted by atomic mass is 19.3. The van der Waals surface area contributed by atoms with E-state index in [0.29, 0.717) is 31.2 Å². The third-order valence-electron chi connectivity index (χ3n) is 3.80. The Bertz CT molecular complexity index is 740. The van der Waals surface area contributed by atoms with Gasteiger partial charge in [0, 0.05) is 25.7 Å². The molecule has 2 aromatic carbocycles. The molecule has 0 aromatic heterocycles. The van der Waals surface area contributed by atoms with Gasteiger partial charge in [-0.15, -0.1) is 0 Å². The maximum atomic E-state index is 12.5. The molecule has 0 saturated heterocycles. The van der Waals surface area contributed by atoms with Crippen LogP contribution in [0, 0.1) is 0 Å². The van der Waals surface area contributed by atoms with Gasteiger partial charge in [-0.2, -0.15) is 8.78 Å². The van der Waals surface area contributed by atoms with E-state index in [1.54, 1.807) is 32.4 Å². The Morgan fingerprint density at radius 1 is 1.04 bits per heavy atom. The van der Waals surface area contributed by atoms with Gasteiger partial charge >= 0.3 is 6.61 Å². The van der Waals surface area contributed by atoms with Crippen molar-refractivity contribution in [3.05, 3.63) is 54.1 Å². The zero-order chi connectivity index (χ0) is 20.2. The van der Waals surface area contributed by atoms with Gasteiger partial charge in [0.15, 0.2) is 5.96 Å². The molecule has 0 aliphatic carbocycles. The van der Waals surface area contributed by atoms with E-state index in [0.717, 1.165) is 17.9 Å². The van der Waals surface area contributed by atoms with Gasteiger partial charge in [0.05, 0.1) is 13.7 Å². The Labute approximate surface area is 163 Å². The molecule has 8 heteroatoms. The molecule has 0 atom stereocenters. The number of halogens is 2. The third kappa shape index (κ3) is 7.30. The minimum Gasteiger partial charge on any atom is -0.497 e. The zero-order valence-corrected chi connectivity index (χ0v) is 16.0. The molecule has 0 bridgehead atoms. The van der Waals surface area contributed by atoms with E-state index >= 15 is 0 Å². The van der Waals surface area contributed by atoms with Crippen LogP contribution in [0.4, 0.5) is 8.78 Å². The highest BCUT2D eigenvalue weighted by molar-refractivity contribution is 5.79. The van der Waals surface area contributed by atoms with Crippen molar-refractivity contribution in [2.24, 2.45) is 4.99 Å². The fraction of sp³-hybridized carbons (Fsp3) is 0.350. The number of nitrogens with one attached hydrogen (secondary N) is 2. The molecular weight excluding hydrogens is 368 g/mol. The average molecular weight is 393 g/mol. The molecule has 0 spiro atoms. The minimum absolute atomic E-state index is 0.147. The highest BCUT2D eigenvalue weighted by Gasteiger charge is 2.09. The second-order valence-corrected chi connectivity index (χ2v) is 5.72. The molecule has 2 rings (SSSR count). The molecule has 152 valence electrons. The van der Waals surface area contributed by atoms with Crippen LogP contribution < -0.4 is 24.8 Å². The fourth-order valence-corrected chi connectivity index (χ4v) is 2.40. The van der Waals surface area contributed by atoms with Crippen LogP contribution >= 0.6 is 0 Å². The second-order valence-electron chi connectivity index (χ2n) is 5.72. The Balaban J connectivity index is 1.70. The molecule has 6 nitrogen and oxygen atoms in total. The van der Waals surface area contributed by atoms with E-state index in [1.165, 1.54) is 6.07 Å². The van der Waals surface area contributed by atoms with Gasteiger partial charge in [-0.1, -0.05) is 18.2 Å². The summed E-state index contributed by atoms with van der Waals surface area (Å²) in [6, 6.07) is 14.0. The van der Waals surface area contributed by atoms with Crippen LogP contribution in [0.5, 0.6) is 17.2 Å². The first kappa shape index (κ1) is 21.3. The van der Waals surface area contributed by atoms with Crippen LogP contribution in [0.3, 0.4) is 0 Å². The summed E-state index contributed by atoms with van der Waals surface area (Å²) in [4.78, 5) is 4.12. The monoisotopic (exact) mass is 393 g/mol. The molecule has 0 amide bonds. The number of benzene rings is 2. The quantitative estimate of drug-likeness (QED) is 0.368. The fourth-order valence-electron chi connectivity index (χ4n) is 2.40. The van der Waals surface area contributed by atoms with Crippen molar-refractivity contribution in [2.75, 3.05) is 27.3 Å². The van der Waals surface area contributed by atoms with Crippen molar-refractivity contribution in [2.45, 2.75) is 19.6 Å². The van der Waals surface area contributed by atoms with Crippen LogP contribution in [-0.2, 0) is 6.54 Å². The standard InChI is InChI=1S/C20H25F2N3O3/c1-23-20(25-14-15-6-3-4-7-18(15)28-19(21)22)24-12-5-13-27-17-10-8-16(26-2)9-11-17/h3-4,6-11,19H,5,12-14H2,1-2H3,(H2,23,24,25). The zero-order valence-electron chi connectivity index (χ0n) is 16.0. The Kier molecular flexibility index (Phi) is 8.84. The number of methoxy groups -OCH3 is 1. The molecule has 28 heavy (non-hydrogen) atoms. The number of rotatable bonds is 10. The molecule has 0 fully saturated rings. The Morgan fingerprint density at radius 2 is 1.75 bits per heavy atom. The first-order valence-corrected chi connectivity index (χ1v) is 8.86. The number of para-hydroxylation sites is 1. The van der Waals surface area contributed by atoms with E-state index in [9.17, 15) is 8.78 Å². The number of nitrogens with zero attached hydrogens (tertiary/aromatic N) is 1. The van der Waals surface area contributed by atoms with Crippen LogP contribution in [0.25, 0.3) is 0 Å². The predicted molar refractivity (Wildman–Crippen MR) is 104 cm³/mol. The first-order valence-electron chi connectivity index (χ1n) is 8.86. The van der Waals surface area contributed by atoms with Gasteiger partial charge in [0.1, 0.15) is 17.2 Å². The lowest BCUT2D eigenvalue weighted by Crippen LogP contribution is -2.37. The van der Waals surface area contributed by atoms with E-state index in [-0.39, 0.29) is 5.75 Å². The summed E-state index contributed by atoms with van der Waals surface area (Å²) >= 11 is 0. The SMILES string of the molecule is CN=C(NCCCOc1ccc(OC)cc1)NCc1ccccc1OC(F)F. The molecule has 0 radical (unpaired) electrons. The van der Waals surface area contributed by atoms with Gasteiger partial charge in [0.25, 0.3) is 0 Å². The molecule has 0 unspecified atom stereocenters. The summed E-state index contributed by atoms with van der Waals surface area (Å²) in [6.45, 7) is -1.36. The number of hydrogen-bond acceptors (Lipinski definition) is 4. The van der Waals surface area contributed by atoms with Crippen molar-refractivity contribution in [3.63, 3.8) is 0 Å². The lowest BCUT2D eigenvalue weighted by molar-refractivity contribution is -0.0504. The number of alkyl halides is 2. The predicted octanol–water partition coefficient (Wildman–Crippen LogP) is 3.43. The van der Waals surface area contributed by atoms with Crippen LogP contribution in [0.1, 0.15) is 12.0 Å². The number of ether oxygens (including phenoxy) is 3. The largest absolute Gasteiger partial charge is 0.497 e. The third-order valence-corrected chi connectivity index (χ3v) is 3.80. The van der Waals surface area contributed by atoms with E-state index in [4.69, 9.17) is 9.47 Å². The lowest BCUT2D eigenvalue weighted by Gasteiger charge is -2.14. The summed E-state index contributed by atoms with van der Waals surface area (Å²) in [5.41, 5.74) is 0.619. The van der Waals surface area contributed by atoms with Gasteiger partial charge in [0.2, 0.25) is 0 Å². The Hall–Kier alpha value is -3.03. The van der Waals surface area contributed by atoms with Gasteiger partial charge in [-0.3, -0.25) is 4.99 Å². The maximum Gasteiger partial charge on any atom is 0.387 e. The molecule has 0 heterocycles. The summed E-state index contributed by atoms with van der Waals surface area (Å²) < 4.78 is 40.2. The summed E-state index contributed by atoms with van der Waals surface area (Å²) in [6.07, 6.45) is 0.762. The molecule has 0 saturated carbocycles. The Morgan fingerprint density at radius 3 is 2.43 bits per heavy atom. The molecular formula is C20H25F2N3O3. The van der Waals surface area contributed by atoms with Gasteiger partial charge < -0.3 is 24.8 Å². The van der Waals surface area contributed by atoms with Crippen molar-refractivity contribution in [3.8, 4) is 17.2 Å². The van der Waals surface area contributed by atoms with Crippen molar-refractivity contribution in [1.29, 1.82) is 0 Å². The van der Waals surface area contributed by atoms with Crippen LogP contribution in [0.2, 0.25) is 0 Å². The second kappa shape index (κ2) is 11.6. The summed E-state index contributed by atoms with van der Waals surface area (Å²) in [5, 5.41) is 6.23. The van der Waals surface area contributed by atoms with Crippen LogP contribution in [-0.4, -0.2) is 39.9 Å². The lowest BCUT2D eigenvalue weighted by atomic mass is 10.2. The highest BCUT2D eigenvalue weighted by Crippen LogP contribution is 2.20. The number of hydrogen-bond donors (Lipinski definition) is 2. The maximum absolute atomic E-state index is 12.5. The van der Waals surface area contributed by atoms with E-state index < -0.39 is 6.61 Å². The minimum atomic E-state index is -2.86. The van der Waals surface area contributed by atoms with Gasteiger partial charge in [-0.25, -0.2) is 0 Å². The normalized spacial score (nSPS) is 11.2. The van der Waals surface area contributed by atoms with Crippen molar-refractivity contribution >= 4 is 5.96 Å². The number of aliphatic imine (C=N–C) groups is 1.